The Morgan fingerprint density at radius 2 is 1.56 bits per heavy atom. The molecule has 1 fully saturated rings. The topological polar surface area (TPSA) is 58.4 Å². The normalized spacial score (nSPS) is 15.2. The van der Waals surface area contributed by atoms with E-state index in [1.54, 1.807) is 39.9 Å². The summed E-state index contributed by atoms with van der Waals surface area (Å²) in [6, 6.07) is 22.2. The molecule has 0 atom stereocenters. The highest BCUT2D eigenvalue weighted by molar-refractivity contribution is 6.35. The summed E-state index contributed by atoms with van der Waals surface area (Å²) in [5, 5.41) is 17.5. The molecule has 2 heterocycles. The lowest BCUT2D eigenvalue weighted by atomic mass is 9.84. The molecule has 0 bridgehead atoms. The number of rotatable bonds is 4. The average molecular weight is 541 g/mol. The lowest BCUT2D eigenvalue weighted by Gasteiger charge is -2.38. The monoisotopic (exact) mass is 539 g/mol. The maximum atomic E-state index is 13.7. The fourth-order valence-electron chi connectivity index (χ4n) is 4.74. The third kappa shape index (κ3) is 4.64. The highest BCUT2D eigenvalue weighted by atomic mass is 35.5. The number of amides is 1. The Morgan fingerprint density at radius 3 is 2.19 bits per heavy atom. The number of carbonyl (C=O) groups excluding carboxylic acids is 1. The van der Waals surface area contributed by atoms with Gasteiger partial charge in [-0.3, -0.25) is 4.79 Å². The number of nitrogens with zero attached hydrogens (tertiary/aromatic N) is 3. The smallest absolute Gasteiger partial charge is 0.274 e. The first-order valence-corrected chi connectivity index (χ1v) is 12.8. The van der Waals surface area contributed by atoms with Crippen molar-refractivity contribution in [2.24, 2.45) is 0 Å². The first-order valence-electron chi connectivity index (χ1n) is 11.6. The largest absolute Gasteiger partial charge is 0.385 e. The SMILES string of the molecule is Cc1c(C(=O)N2CCC(O)(c3ccccc3)CC2)nn(-c2ccc(Cl)cc2Cl)c1-c1ccc(Cl)cc1. The van der Waals surface area contributed by atoms with Gasteiger partial charge in [0.25, 0.3) is 5.91 Å². The van der Waals surface area contributed by atoms with Gasteiger partial charge >= 0.3 is 0 Å². The highest BCUT2D eigenvalue weighted by Crippen LogP contribution is 2.36. The molecule has 1 aliphatic heterocycles. The number of benzene rings is 3. The molecule has 0 unspecified atom stereocenters. The summed E-state index contributed by atoms with van der Waals surface area (Å²) in [6.45, 7) is 2.73. The number of aliphatic hydroxyl groups is 1. The molecular weight excluding hydrogens is 517 g/mol. The zero-order valence-electron chi connectivity index (χ0n) is 19.6. The number of hydrogen-bond acceptors (Lipinski definition) is 3. The van der Waals surface area contributed by atoms with E-state index < -0.39 is 5.60 Å². The zero-order valence-corrected chi connectivity index (χ0v) is 21.9. The van der Waals surface area contributed by atoms with Crippen LogP contribution in [0, 0.1) is 6.92 Å². The van der Waals surface area contributed by atoms with Crippen LogP contribution in [0.4, 0.5) is 0 Å². The van der Waals surface area contributed by atoms with Crippen LogP contribution in [0.3, 0.4) is 0 Å². The summed E-state index contributed by atoms with van der Waals surface area (Å²) in [5.41, 5.74) is 3.22. The Bertz CT molecular complexity index is 1410. The van der Waals surface area contributed by atoms with E-state index in [-0.39, 0.29) is 5.91 Å². The van der Waals surface area contributed by atoms with Crippen molar-refractivity contribution in [1.29, 1.82) is 0 Å². The van der Waals surface area contributed by atoms with E-state index in [0.29, 0.717) is 52.4 Å². The minimum Gasteiger partial charge on any atom is -0.385 e. The standard InChI is InChI=1S/C28H24Cl3N3O2/c1-18-25(27(35)33-15-13-28(36,14-16-33)20-5-3-2-4-6-20)32-34(24-12-11-22(30)17-23(24)31)26(18)19-7-9-21(29)10-8-19/h2-12,17,36H,13-16H2,1H3. The fourth-order valence-corrected chi connectivity index (χ4v) is 5.35. The van der Waals surface area contributed by atoms with Gasteiger partial charge in [0.2, 0.25) is 0 Å². The van der Waals surface area contributed by atoms with Gasteiger partial charge < -0.3 is 10.0 Å². The van der Waals surface area contributed by atoms with Crippen LogP contribution in [0.5, 0.6) is 0 Å². The first-order chi connectivity index (χ1) is 17.3. The maximum absolute atomic E-state index is 13.7. The van der Waals surface area contributed by atoms with Crippen molar-refractivity contribution in [2.75, 3.05) is 13.1 Å². The second kappa shape index (κ2) is 9.91. The van der Waals surface area contributed by atoms with E-state index >= 15 is 0 Å². The third-order valence-electron chi connectivity index (χ3n) is 6.77. The van der Waals surface area contributed by atoms with Gasteiger partial charge in [-0.1, -0.05) is 77.3 Å². The van der Waals surface area contributed by atoms with Crippen LogP contribution in [-0.2, 0) is 5.60 Å². The molecule has 0 spiro atoms. The van der Waals surface area contributed by atoms with E-state index in [0.717, 1.165) is 22.4 Å². The molecule has 5 rings (SSSR count). The molecule has 36 heavy (non-hydrogen) atoms. The third-order valence-corrected chi connectivity index (χ3v) is 7.56. The Labute approximate surface area is 224 Å². The predicted octanol–water partition coefficient (Wildman–Crippen LogP) is 6.93. The molecule has 4 aromatic rings. The number of likely N-dealkylation sites (tertiary alicyclic amines) is 1. The zero-order chi connectivity index (χ0) is 25.4. The number of aromatic nitrogens is 2. The van der Waals surface area contributed by atoms with Gasteiger partial charge in [0, 0.05) is 34.3 Å². The Morgan fingerprint density at radius 1 is 0.917 bits per heavy atom. The van der Waals surface area contributed by atoms with Gasteiger partial charge in [-0.25, -0.2) is 4.68 Å². The van der Waals surface area contributed by atoms with Gasteiger partial charge in [-0.15, -0.1) is 0 Å². The second-order valence-corrected chi connectivity index (χ2v) is 10.3. The van der Waals surface area contributed by atoms with Gasteiger partial charge in [0.15, 0.2) is 5.69 Å². The average Bonchev–Trinajstić information content (AvgIpc) is 3.22. The molecule has 1 saturated heterocycles. The van der Waals surface area contributed by atoms with E-state index in [1.807, 2.05) is 49.4 Å². The molecule has 1 aliphatic rings. The molecule has 0 radical (unpaired) electrons. The number of halogens is 3. The van der Waals surface area contributed by atoms with Crippen LogP contribution in [0.1, 0.15) is 34.5 Å². The van der Waals surface area contributed by atoms with Gasteiger partial charge in [-0.2, -0.15) is 5.10 Å². The van der Waals surface area contributed by atoms with E-state index in [1.165, 1.54) is 0 Å². The van der Waals surface area contributed by atoms with Crippen LogP contribution < -0.4 is 0 Å². The predicted molar refractivity (Wildman–Crippen MR) is 144 cm³/mol. The first kappa shape index (κ1) is 24.8. The minimum atomic E-state index is -0.947. The summed E-state index contributed by atoms with van der Waals surface area (Å²) >= 11 is 18.8. The van der Waals surface area contributed by atoms with Crippen LogP contribution in [0.2, 0.25) is 15.1 Å². The molecule has 0 aliphatic carbocycles. The quantitative estimate of drug-likeness (QED) is 0.305. The molecule has 3 aromatic carbocycles. The minimum absolute atomic E-state index is 0.179. The molecule has 1 N–H and O–H groups in total. The summed E-state index contributed by atoms with van der Waals surface area (Å²) in [6.07, 6.45) is 0.908. The molecule has 184 valence electrons. The summed E-state index contributed by atoms with van der Waals surface area (Å²) < 4.78 is 1.69. The molecule has 8 heteroatoms. The van der Waals surface area contributed by atoms with E-state index in [2.05, 4.69) is 0 Å². The highest BCUT2D eigenvalue weighted by Gasteiger charge is 2.37. The van der Waals surface area contributed by atoms with Gasteiger partial charge in [-0.05, 0) is 55.7 Å². The number of hydrogen-bond donors (Lipinski definition) is 1. The van der Waals surface area contributed by atoms with Crippen molar-refractivity contribution >= 4 is 40.7 Å². The van der Waals surface area contributed by atoms with Gasteiger partial charge in [0.1, 0.15) is 0 Å². The van der Waals surface area contributed by atoms with Crippen LogP contribution >= 0.6 is 34.8 Å². The molecule has 5 nitrogen and oxygen atoms in total. The molecule has 1 aromatic heterocycles. The summed E-state index contributed by atoms with van der Waals surface area (Å²) in [5.74, 6) is -0.179. The second-order valence-electron chi connectivity index (χ2n) is 9.03. The van der Waals surface area contributed by atoms with Crippen molar-refractivity contribution in [3.05, 3.63) is 105 Å². The molecular formula is C28H24Cl3N3O2. The fraction of sp³-hybridized carbons (Fsp3) is 0.214. The Kier molecular flexibility index (Phi) is 6.84. The Balaban J connectivity index is 1.51. The van der Waals surface area contributed by atoms with Crippen molar-refractivity contribution < 1.29 is 9.90 Å². The molecule has 1 amide bonds. The number of piperidine rings is 1. The summed E-state index contributed by atoms with van der Waals surface area (Å²) in [4.78, 5) is 15.4. The number of carbonyl (C=O) groups is 1. The van der Waals surface area contributed by atoms with E-state index in [4.69, 9.17) is 39.9 Å². The van der Waals surface area contributed by atoms with Crippen molar-refractivity contribution in [3.63, 3.8) is 0 Å². The van der Waals surface area contributed by atoms with Crippen molar-refractivity contribution in [2.45, 2.75) is 25.4 Å². The lowest BCUT2D eigenvalue weighted by Crippen LogP contribution is -2.45. The Hall–Kier alpha value is -2.83. The lowest BCUT2D eigenvalue weighted by molar-refractivity contribution is -0.0212. The van der Waals surface area contributed by atoms with Crippen LogP contribution in [0.15, 0.2) is 72.8 Å². The molecule has 0 saturated carbocycles. The maximum Gasteiger partial charge on any atom is 0.274 e. The van der Waals surface area contributed by atoms with Crippen LogP contribution in [-0.4, -0.2) is 38.8 Å². The van der Waals surface area contributed by atoms with Crippen molar-refractivity contribution in [3.8, 4) is 16.9 Å². The van der Waals surface area contributed by atoms with Crippen LogP contribution in [0.25, 0.3) is 16.9 Å². The summed E-state index contributed by atoms with van der Waals surface area (Å²) in [7, 11) is 0. The van der Waals surface area contributed by atoms with Crippen molar-refractivity contribution in [1.82, 2.24) is 14.7 Å². The van der Waals surface area contributed by atoms with E-state index in [9.17, 15) is 9.90 Å². The van der Waals surface area contributed by atoms with Gasteiger partial charge in [0.05, 0.1) is 22.0 Å².